The molecule has 2 aromatic carbocycles. The van der Waals surface area contributed by atoms with Gasteiger partial charge in [0.15, 0.2) is 0 Å². The van der Waals surface area contributed by atoms with Crippen LogP contribution in [0, 0.1) is 11.3 Å². The summed E-state index contributed by atoms with van der Waals surface area (Å²) in [6.07, 6.45) is 8.60. The van der Waals surface area contributed by atoms with Crippen molar-refractivity contribution in [3.63, 3.8) is 0 Å². The second kappa shape index (κ2) is 6.83. The zero-order chi connectivity index (χ0) is 20.3. The van der Waals surface area contributed by atoms with Crippen LogP contribution in [0.15, 0.2) is 48.5 Å². The fourth-order valence-corrected chi connectivity index (χ4v) is 7.47. The van der Waals surface area contributed by atoms with Crippen molar-refractivity contribution in [2.75, 3.05) is 13.1 Å². The minimum Gasteiger partial charge on any atom is -0.508 e. The lowest BCUT2D eigenvalue weighted by Gasteiger charge is -2.67. The van der Waals surface area contributed by atoms with Crippen LogP contribution in [0.4, 0.5) is 0 Å². The Morgan fingerprint density at radius 2 is 1.83 bits per heavy atom. The number of hydrogen-bond donors (Lipinski definition) is 2. The van der Waals surface area contributed by atoms with Gasteiger partial charge in [0, 0.05) is 23.4 Å². The van der Waals surface area contributed by atoms with E-state index in [0.717, 1.165) is 51.0 Å². The molecule has 0 amide bonds. The molecule has 158 valence electrons. The lowest BCUT2D eigenvalue weighted by atomic mass is 9.42. The molecule has 0 aromatic heterocycles. The SMILES string of the molecule is Oc1ccc2c(c1)[C@]13CCN(CC4CC4)[C@H](C2)[C@]1(Cc1ccccc1)CC[C@@H](O)C3. The van der Waals surface area contributed by atoms with Crippen LogP contribution >= 0.6 is 0 Å². The molecule has 0 unspecified atom stereocenters. The van der Waals surface area contributed by atoms with E-state index in [0.29, 0.717) is 11.8 Å². The normalized spacial score (nSPS) is 35.5. The van der Waals surface area contributed by atoms with Gasteiger partial charge >= 0.3 is 0 Å². The van der Waals surface area contributed by atoms with E-state index in [1.54, 1.807) is 0 Å². The number of phenols is 1. The molecule has 3 aliphatic carbocycles. The number of likely N-dealkylation sites (tertiary alicyclic amines) is 1. The highest BCUT2D eigenvalue weighted by atomic mass is 16.3. The average molecular weight is 404 g/mol. The molecule has 2 saturated carbocycles. The smallest absolute Gasteiger partial charge is 0.115 e. The van der Waals surface area contributed by atoms with E-state index in [4.69, 9.17) is 0 Å². The van der Waals surface area contributed by atoms with E-state index < -0.39 is 0 Å². The van der Waals surface area contributed by atoms with Crippen molar-refractivity contribution in [2.24, 2.45) is 11.3 Å². The standard InChI is InChI=1S/C27H33NO2/c29-22-9-8-21-14-25-27(16-19-4-2-1-3-5-19)11-10-23(30)17-26(27,24(21)15-22)12-13-28(25)18-20-6-7-20/h1-5,8-9,15,20,23,25,29-30H,6-7,10-14,16-18H2/t23-,25-,26-,27-/m1/s1. The van der Waals surface area contributed by atoms with Gasteiger partial charge in [0.1, 0.15) is 5.75 Å². The Balaban J connectivity index is 1.53. The Kier molecular flexibility index (Phi) is 4.30. The molecule has 6 rings (SSSR count). The average Bonchev–Trinajstić information content (AvgIpc) is 3.56. The third-order valence-corrected chi connectivity index (χ3v) is 8.94. The van der Waals surface area contributed by atoms with Crippen LogP contribution in [0.1, 0.15) is 55.2 Å². The first kappa shape index (κ1) is 18.9. The molecule has 1 aliphatic heterocycles. The summed E-state index contributed by atoms with van der Waals surface area (Å²) in [6.45, 7) is 2.37. The predicted molar refractivity (Wildman–Crippen MR) is 119 cm³/mol. The van der Waals surface area contributed by atoms with Crippen molar-refractivity contribution in [3.8, 4) is 5.75 Å². The zero-order valence-corrected chi connectivity index (χ0v) is 17.8. The van der Waals surface area contributed by atoms with Gasteiger partial charge in [-0.15, -0.1) is 0 Å². The van der Waals surface area contributed by atoms with Gasteiger partial charge in [-0.1, -0.05) is 36.4 Å². The van der Waals surface area contributed by atoms with Gasteiger partial charge in [-0.2, -0.15) is 0 Å². The molecule has 0 spiro atoms. The third-order valence-electron chi connectivity index (χ3n) is 8.94. The molecule has 1 heterocycles. The lowest BCUT2D eigenvalue weighted by molar-refractivity contribution is -0.122. The zero-order valence-electron chi connectivity index (χ0n) is 17.8. The molecule has 3 heteroatoms. The quantitative estimate of drug-likeness (QED) is 0.793. The summed E-state index contributed by atoms with van der Waals surface area (Å²) < 4.78 is 0. The summed E-state index contributed by atoms with van der Waals surface area (Å²) >= 11 is 0. The summed E-state index contributed by atoms with van der Waals surface area (Å²) in [7, 11) is 0. The number of hydrogen-bond acceptors (Lipinski definition) is 3. The number of nitrogens with zero attached hydrogens (tertiary/aromatic N) is 1. The highest BCUT2D eigenvalue weighted by Gasteiger charge is 2.64. The van der Waals surface area contributed by atoms with Crippen molar-refractivity contribution in [2.45, 2.75) is 68.9 Å². The van der Waals surface area contributed by atoms with Crippen LogP contribution in [0.3, 0.4) is 0 Å². The first-order chi connectivity index (χ1) is 14.6. The Bertz CT molecular complexity index is 939. The first-order valence-electron chi connectivity index (χ1n) is 11.9. The van der Waals surface area contributed by atoms with Crippen LogP contribution in [0.2, 0.25) is 0 Å². The molecule has 3 nitrogen and oxygen atoms in total. The second-order valence-electron chi connectivity index (χ2n) is 10.5. The summed E-state index contributed by atoms with van der Waals surface area (Å²) in [6, 6.07) is 17.6. The maximum absolute atomic E-state index is 10.9. The Hall–Kier alpha value is -1.84. The number of aliphatic hydroxyl groups is 1. The molecular weight excluding hydrogens is 370 g/mol. The number of benzene rings is 2. The Morgan fingerprint density at radius 3 is 2.63 bits per heavy atom. The van der Waals surface area contributed by atoms with Crippen LogP contribution in [-0.4, -0.2) is 40.3 Å². The maximum Gasteiger partial charge on any atom is 0.115 e. The first-order valence-corrected chi connectivity index (χ1v) is 11.9. The van der Waals surface area contributed by atoms with Gasteiger partial charge in [-0.25, -0.2) is 0 Å². The summed E-state index contributed by atoms with van der Waals surface area (Å²) in [5, 5.41) is 21.3. The number of piperidine rings is 1. The number of aliphatic hydroxyl groups excluding tert-OH is 1. The van der Waals surface area contributed by atoms with Gasteiger partial charge in [-0.05, 0) is 92.7 Å². The maximum atomic E-state index is 10.9. The van der Waals surface area contributed by atoms with E-state index >= 15 is 0 Å². The summed E-state index contributed by atoms with van der Waals surface area (Å²) in [5.41, 5.74) is 4.23. The lowest BCUT2D eigenvalue weighted by Crippen LogP contribution is -2.70. The fraction of sp³-hybridized carbons (Fsp3) is 0.556. The third kappa shape index (κ3) is 2.78. The van der Waals surface area contributed by atoms with Crippen molar-refractivity contribution < 1.29 is 10.2 Å². The number of aromatic hydroxyl groups is 1. The second-order valence-corrected chi connectivity index (χ2v) is 10.5. The molecule has 4 atom stereocenters. The van der Waals surface area contributed by atoms with Crippen LogP contribution < -0.4 is 0 Å². The van der Waals surface area contributed by atoms with Crippen LogP contribution in [0.25, 0.3) is 0 Å². The van der Waals surface area contributed by atoms with Crippen molar-refractivity contribution in [1.82, 2.24) is 4.90 Å². The number of rotatable bonds is 4. The molecule has 2 bridgehead atoms. The number of fused-ring (bicyclic) bond motifs is 1. The van der Waals surface area contributed by atoms with Gasteiger partial charge in [0.05, 0.1) is 6.10 Å². The minimum absolute atomic E-state index is 0.0441. The van der Waals surface area contributed by atoms with Gasteiger partial charge in [0.25, 0.3) is 0 Å². The van der Waals surface area contributed by atoms with Gasteiger partial charge in [-0.3, -0.25) is 4.90 Å². The molecular formula is C27H33NO2. The van der Waals surface area contributed by atoms with Crippen molar-refractivity contribution >= 4 is 0 Å². The van der Waals surface area contributed by atoms with Crippen LogP contribution in [0.5, 0.6) is 5.75 Å². The fourth-order valence-electron chi connectivity index (χ4n) is 7.47. The van der Waals surface area contributed by atoms with E-state index in [-0.39, 0.29) is 16.9 Å². The number of phenolic OH excluding ortho intramolecular Hbond substituents is 1. The van der Waals surface area contributed by atoms with Crippen LogP contribution in [-0.2, 0) is 18.3 Å². The molecule has 3 fully saturated rings. The van der Waals surface area contributed by atoms with Gasteiger partial charge < -0.3 is 10.2 Å². The van der Waals surface area contributed by atoms with Crippen molar-refractivity contribution in [1.29, 1.82) is 0 Å². The highest BCUT2D eigenvalue weighted by molar-refractivity contribution is 5.48. The van der Waals surface area contributed by atoms with Gasteiger partial charge in [0.2, 0.25) is 0 Å². The highest BCUT2D eigenvalue weighted by Crippen LogP contribution is 2.64. The van der Waals surface area contributed by atoms with E-state index in [9.17, 15) is 10.2 Å². The summed E-state index contributed by atoms with van der Waals surface area (Å²) in [4.78, 5) is 2.83. The van der Waals surface area contributed by atoms with Crippen molar-refractivity contribution in [3.05, 3.63) is 65.2 Å². The monoisotopic (exact) mass is 403 g/mol. The summed E-state index contributed by atoms with van der Waals surface area (Å²) in [5.74, 6) is 1.26. The molecule has 30 heavy (non-hydrogen) atoms. The largest absolute Gasteiger partial charge is 0.508 e. The topological polar surface area (TPSA) is 43.7 Å². The molecule has 2 aromatic rings. The molecule has 0 radical (unpaired) electrons. The molecule has 1 saturated heterocycles. The van der Waals surface area contributed by atoms with E-state index in [1.165, 1.54) is 36.1 Å². The minimum atomic E-state index is -0.238. The van der Waals surface area contributed by atoms with E-state index in [1.807, 2.05) is 12.1 Å². The molecule has 4 aliphatic rings. The Labute approximate surface area is 179 Å². The predicted octanol–water partition coefficient (Wildman–Crippen LogP) is 4.44. The Morgan fingerprint density at radius 1 is 1.00 bits per heavy atom. The van der Waals surface area contributed by atoms with E-state index in [2.05, 4.69) is 41.3 Å². The molecule has 2 N–H and O–H groups in total.